The first-order chi connectivity index (χ1) is 19.2. The van der Waals surface area contributed by atoms with Crippen LogP contribution in [0.4, 0.5) is 20.5 Å². The van der Waals surface area contributed by atoms with Crippen LogP contribution in [-0.4, -0.2) is 66.4 Å². The number of imidazole rings is 1. The summed E-state index contributed by atoms with van der Waals surface area (Å²) in [6.07, 6.45) is 3.27. The van der Waals surface area contributed by atoms with Crippen molar-refractivity contribution in [3.63, 3.8) is 0 Å². The van der Waals surface area contributed by atoms with E-state index in [1.165, 1.54) is 6.07 Å². The van der Waals surface area contributed by atoms with Crippen LogP contribution in [0, 0.1) is 18.6 Å². The van der Waals surface area contributed by atoms with Gasteiger partial charge in [-0.2, -0.15) is 0 Å². The molecule has 0 spiro atoms. The van der Waals surface area contributed by atoms with E-state index in [4.69, 9.17) is 0 Å². The van der Waals surface area contributed by atoms with Gasteiger partial charge in [0, 0.05) is 43.9 Å². The number of aryl methyl sites for hydroxylation is 1. The maximum Gasteiger partial charge on any atom is 0.229 e. The molecular formula is C29H34F2N8O. The molecule has 1 amide bonds. The number of rotatable bonds is 7. The number of amides is 1. The Hall–Kier alpha value is -3.99. The molecule has 1 aliphatic heterocycles. The summed E-state index contributed by atoms with van der Waals surface area (Å²) in [7, 11) is 0. The largest absolute Gasteiger partial charge is 0.335 e. The second-order valence-corrected chi connectivity index (χ2v) is 10.4. The number of fused-ring (bicyclic) bond motifs is 1. The van der Waals surface area contributed by atoms with E-state index in [1.807, 2.05) is 43.2 Å². The topological polar surface area (TPSA) is 92.1 Å². The number of benzene rings is 1. The Kier molecular flexibility index (Phi) is 7.75. The minimum Gasteiger partial charge on any atom is -0.335 e. The minimum absolute atomic E-state index is 0.0292. The highest BCUT2D eigenvalue weighted by Gasteiger charge is 2.25. The summed E-state index contributed by atoms with van der Waals surface area (Å²) in [5.41, 5.74) is 1.98. The van der Waals surface area contributed by atoms with Gasteiger partial charge < -0.3 is 19.7 Å². The summed E-state index contributed by atoms with van der Waals surface area (Å²) in [6.45, 7) is 13.1. The van der Waals surface area contributed by atoms with Crippen molar-refractivity contribution < 1.29 is 13.6 Å². The van der Waals surface area contributed by atoms with Gasteiger partial charge >= 0.3 is 0 Å². The number of anilines is 2. The smallest absolute Gasteiger partial charge is 0.229 e. The molecule has 210 valence electrons. The monoisotopic (exact) mass is 548 g/mol. The van der Waals surface area contributed by atoms with E-state index in [9.17, 15) is 13.6 Å². The molecule has 1 aliphatic rings. The van der Waals surface area contributed by atoms with Gasteiger partial charge in [0.2, 0.25) is 11.9 Å². The van der Waals surface area contributed by atoms with Crippen LogP contribution in [0.1, 0.15) is 57.6 Å². The molecule has 3 aromatic heterocycles. The normalized spacial score (nSPS) is 15.6. The van der Waals surface area contributed by atoms with E-state index in [0.29, 0.717) is 30.1 Å². The van der Waals surface area contributed by atoms with Crippen LogP contribution in [0.5, 0.6) is 0 Å². The Balaban J connectivity index is 1.37. The van der Waals surface area contributed by atoms with Crippen molar-refractivity contribution in [2.75, 3.05) is 31.5 Å². The summed E-state index contributed by atoms with van der Waals surface area (Å²) in [5, 5.41) is 3.01. The molecule has 9 nitrogen and oxygen atoms in total. The number of hydrogen-bond donors (Lipinski definition) is 1. The minimum atomic E-state index is -0.669. The molecular weight excluding hydrogens is 514 g/mol. The van der Waals surface area contributed by atoms with Crippen LogP contribution >= 0.6 is 0 Å². The molecule has 1 atom stereocenters. The number of pyridine rings is 1. The molecule has 1 aromatic carbocycles. The third kappa shape index (κ3) is 5.38. The van der Waals surface area contributed by atoms with Crippen LogP contribution in [0.25, 0.3) is 22.3 Å². The lowest BCUT2D eigenvalue weighted by Gasteiger charge is -2.28. The van der Waals surface area contributed by atoms with E-state index in [0.717, 1.165) is 31.4 Å². The molecule has 0 aliphatic carbocycles. The summed E-state index contributed by atoms with van der Waals surface area (Å²) in [4.78, 5) is 34.1. The molecule has 0 bridgehead atoms. The van der Waals surface area contributed by atoms with E-state index in [2.05, 4.69) is 37.1 Å². The number of aromatic nitrogens is 5. The quantitative estimate of drug-likeness (QED) is 0.330. The van der Waals surface area contributed by atoms with Crippen molar-refractivity contribution in [2.24, 2.45) is 0 Å². The van der Waals surface area contributed by atoms with E-state index >= 15 is 0 Å². The summed E-state index contributed by atoms with van der Waals surface area (Å²) in [5.74, 6) is 0.193. The SMILES string of the molecule is CCN1CCC(=O)N([C@@H](C)c2ccc(Nc3ncc(F)c(-c4cc(F)c5nc(C)n(C(C)C)c5c4)n3)nc2)CC1. The third-order valence-electron chi connectivity index (χ3n) is 7.50. The highest BCUT2D eigenvalue weighted by atomic mass is 19.1. The number of likely N-dealkylation sites (N-methyl/N-ethyl adjacent to an activating group) is 1. The van der Waals surface area contributed by atoms with Crippen LogP contribution in [0.2, 0.25) is 0 Å². The molecule has 4 aromatic rings. The molecule has 5 rings (SSSR count). The molecule has 0 saturated carbocycles. The fraction of sp³-hybridized carbons (Fsp3) is 0.414. The highest BCUT2D eigenvalue weighted by molar-refractivity contribution is 5.83. The zero-order valence-corrected chi connectivity index (χ0v) is 23.4. The molecule has 1 fully saturated rings. The lowest BCUT2D eigenvalue weighted by atomic mass is 10.1. The molecule has 11 heteroatoms. The van der Waals surface area contributed by atoms with Crippen molar-refractivity contribution >= 4 is 28.7 Å². The lowest BCUT2D eigenvalue weighted by molar-refractivity contribution is -0.132. The predicted molar refractivity (Wildman–Crippen MR) is 150 cm³/mol. The van der Waals surface area contributed by atoms with Gasteiger partial charge in [0.1, 0.15) is 22.9 Å². The van der Waals surface area contributed by atoms with E-state index in [-0.39, 0.29) is 40.7 Å². The number of nitrogens with one attached hydrogen (secondary N) is 1. The number of halogens is 2. The van der Waals surface area contributed by atoms with Crippen LogP contribution in [0.3, 0.4) is 0 Å². The predicted octanol–water partition coefficient (Wildman–Crippen LogP) is 5.41. The fourth-order valence-corrected chi connectivity index (χ4v) is 5.32. The van der Waals surface area contributed by atoms with Gasteiger partial charge in [0.05, 0.1) is 17.8 Å². The molecule has 4 heterocycles. The molecule has 0 unspecified atom stereocenters. The van der Waals surface area contributed by atoms with Gasteiger partial charge in [-0.05, 0) is 58.0 Å². The summed E-state index contributed by atoms with van der Waals surface area (Å²) in [6, 6.07) is 6.55. The first-order valence-electron chi connectivity index (χ1n) is 13.6. The first kappa shape index (κ1) is 27.6. The van der Waals surface area contributed by atoms with Crippen molar-refractivity contribution in [1.82, 2.24) is 34.3 Å². The zero-order valence-electron chi connectivity index (χ0n) is 23.4. The summed E-state index contributed by atoms with van der Waals surface area (Å²) < 4.78 is 31.8. The van der Waals surface area contributed by atoms with Gasteiger partial charge in [-0.15, -0.1) is 0 Å². The summed E-state index contributed by atoms with van der Waals surface area (Å²) >= 11 is 0. The number of carbonyl (C=O) groups excluding carboxylic acids is 1. The molecule has 1 saturated heterocycles. The maximum atomic E-state index is 15.0. The highest BCUT2D eigenvalue weighted by Crippen LogP contribution is 2.30. The Morgan fingerprint density at radius 1 is 1.00 bits per heavy atom. The van der Waals surface area contributed by atoms with Crippen molar-refractivity contribution in [3.8, 4) is 11.3 Å². The second-order valence-electron chi connectivity index (χ2n) is 10.4. The van der Waals surface area contributed by atoms with E-state index in [1.54, 1.807) is 18.3 Å². The Morgan fingerprint density at radius 2 is 1.80 bits per heavy atom. The maximum absolute atomic E-state index is 15.0. The first-order valence-corrected chi connectivity index (χ1v) is 13.6. The molecule has 40 heavy (non-hydrogen) atoms. The average molecular weight is 549 g/mol. The number of nitrogens with zero attached hydrogens (tertiary/aromatic N) is 7. The van der Waals surface area contributed by atoms with Gasteiger partial charge in [-0.3, -0.25) is 4.79 Å². The number of carbonyl (C=O) groups is 1. The number of hydrogen-bond acceptors (Lipinski definition) is 7. The molecule has 1 N–H and O–H groups in total. The van der Waals surface area contributed by atoms with Gasteiger partial charge in [0.15, 0.2) is 11.6 Å². The average Bonchev–Trinajstić information content (AvgIpc) is 3.16. The van der Waals surface area contributed by atoms with Crippen LogP contribution in [-0.2, 0) is 4.79 Å². The second kappa shape index (κ2) is 11.2. The Bertz CT molecular complexity index is 1540. The Morgan fingerprint density at radius 3 is 2.50 bits per heavy atom. The van der Waals surface area contributed by atoms with Gasteiger partial charge in [-0.25, -0.2) is 28.7 Å². The zero-order chi connectivity index (χ0) is 28.6. The fourth-order valence-electron chi connectivity index (χ4n) is 5.32. The lowest BCUT2D eigenvalue weighted by Crippen LogP contribution is -2.35. The van der Waals surface area contributed by atoms with Crippen molar-refractivity contribution in [3.05, 3.63) is 59.7 Å². The molecule has 0 radical (unpaired) electrons. The third-order valence-corrected chi connectivity index (χ3v) is 7.50. The van der Waals surface area contributed by atoms with Gasteiger partial charge in [-0.1, -0.05) is 13.0 Å². The van der Waals surface area contributed by atoms with E-state index < -0.39 is 11.6 Å². The standard InChI is InChI=1S/C29H34F2N8O/c1-6-37-10-9-26(40)38(12-11-37)18(4)20-7-8-25(32-15-20)35-29-33-16-23(31)27(36-29)21-13-22(30)28-24(14-21)39(17(2)3)19(5)34-28/h7-8,13-18H,6,9-12H2,1-5H3,(H,32,33,35,36)/t18-/m0/s1. The van der Waals surface area contributed by atoms with Crippen LogP contribution in [0.15, 0.2) is 36.7 Å². The van der Waals surface area contributed by atoms with Gasteiger partial charge in [0.25, 0.3) is 0 Å². The van der Waals surface area contributed by atoms with Crippen molar-refractivity contribution in [1.29, 1.82) is 0 Å². The van der Waals surface area contributed by atoms with Crippen LogP contribution < -0.4 is 5.32 Å². The Labute approximate surface area is 232 Å². The van der Waals surface area contributed by atoms with Crippen molar-refractivity contribution in [2.45, 2.75) is 53.1 Å².